The van der Waals surface area contributed by atoms with Gasteiger partial charge in [-0.15, -0.1) is 0 Å². The Morgan fingerprint density at radius 3 is 3.00 bits per heavy atom. The van der Waals surface area contributed by atoms with Gasteiger partial charge in [-0.3, -0.25) is 0 Å². The molecule has 0 spiro atoms. The number of nitrogens with one attached hydrogen (secondary N) is 2. The van der Waals surface area contributed by atoms with Crippen LogP contribution in [-0.4, -0.2) is 12.6 Å². The second-order valence-corrected chi connectivity index (χ2v) is 5.04. The van der Waals surface area contributed by atoms with E-state index < -0.39 is 0 Å². The first kappa shape index (κ1) is 10.3. The summed E-state index contributed by atoms with van der Waals surface area (Å²) in [5.41, 5.74) is 4.48. The minimum Gasteiger partial charge on any atom is -0.312 e. The Morgan fingerprint density at radius 2 is 2.19 bits per heavy atom. The van der Waals surface area contributed by atoms with E-state index in [2.05, 4.69) is 28.8 Å². The van der Waals surface area contributed by atoms with Gasteiger partial charge in [0.2, 0.25) is 0 Å². The van der Waals surface area contributed by atoms with Crippen LogP contribution in [0.4, 0.5) is 0 Å². The standard InChI is InChI=1S/C14H20N2/c1-2-14(3-1)16-9-11-4-5-13-10-15-7-6-12(13)8-11/h4-5,8,14-16H,1-3,6-7,9-10H2. The highest BCUT2D eigenvalue weighted by atomic mass is 14.9. The maximum atomic E-state index is 3.63. The van der Waals surface area contributed by atoms with Crippen LogP contribution < -0.4 is 10.6 Å². The minimum absolute atomic E-state index is 0.790. The molecule has 1 aromatic carbocycles. The smallest absolute Gasteiger partial charge is 0.0208 e. The maximum absolute atomic E-state index is 3.63. The van der Waals surface area contributed by atoms with Crippen molar-refractivity contribution in [2.45, 2.75) is 44.8 Å². The average molecular weight is 216 g/mol. The molecule has 0 radical (unpaired) electrons. The predicted octanol–water partition coefficient (Wildman–Crippen LogP) is 1.97. The number of hydrogen-bond donors (Lipinski definition) is 2. The molecular formula is C14H20N2. The molecule has 86 valence electrons. The Balaban J connectivity index is 1.65. The van der Waals surface area contributed by atoms with Crippen LogP contribution in [0.2, 0.25) is 0 Å². The molecule has 0 aromatic heterocycles. The Hall–Kier alpha value is -0.860. The van der Waals surface area contributed by atoms with E-state index in [1.165, 1.54) is 36.8 Å². The van der Waals surface area contributed by atoms with Crippen molar-refractivity contribution in [2.24, 2.45) is 0 Å². The van der Waals surface area contributed by atoms with Crippen LogP contribution in [0.1, 0.15) is 36.0 Å². The van der Waals surface area contributed by atoms with Crippen LogP contribution in [0, 0.1) is 0 Å². The third kappa shape index (κ3) is 2.13. The van der Waals surface area contributed by atoms with Crippen LogP contribution in [0.5, 0.6) is 0 Å². The summed E-state index contributed by atoms with van der Waals surface area (Å²) < 4.78 is 0. The lowest BCUT2D eigenvalue weighted by atomic mass is 9.92. The summed E-state index contributed by atoms with van der Waals surface area (Å²) in [5.74, 6) is 0. The number of benzene rings is 1. The molecular weight excluding hydrogens is 196 g/mol. The summed E-state index contributed by atoms with van der Waals surface area (Å²) in [6, 6.07) is 7.75. The van der Waals surface area contributed by atoms with Crippen LogP contribution in [0.25, 0.3) is 0 Å². The Labute approximate surface area is 97.4 Å². The fourth-order valence-corrected chi connectivity index (χ4v) is 2.52. The molecule has 0 saturated heterocycles. The monoisotopic (exact) mass is 216 g/mol. The molecule has 1 aromatic rings. The third-order valence-electron chi connectivity index (χ3n) is 3.86. The second kappa shape index (κ2) is 4.56. The quantitative estimate of drug-likeness (QED) is 0.807. The van der Waals surface area contributed by atoms with Crippen LogP contribution in [-0.2, 0) is 19.5 Å². The maximum Gasteiger partial charge on any atom is 0.0208 e. The van der Waals surface area contributed by atoms with Gasteiger partial charge in [0.1, 0.15) is 0 Å². The van der Waals surface area contributed by atoms with Crippen molar-refractivity contribution < 1.29 is 0 Å². The molecule has 2 heteroatoms. The normalized spacial score (nSPS) is 20.2. The Morgan fingerprint density at radius 1 is 1.25 bits per heavy atom. The summed E-state index contributed by atoms with van der Waals surface area (Å²) in [7, 11) is 0. The van der Waals surface area contributed by atoms with Gasteiger partial charge in [0.15, 0.2) is 0 Å². The summed E-state index contributed by atoms with van der Waals surface area (Å²) in [6.07, 6.45) is 5.34. The lowest BCUT2D eigenvalue weighted by Crippen LogP contribution is -2.34. The zero-order chi connectivity index (χ0) is 10.8. The van der Waals surface area contributed by atoms with Crippen molar-refractivity contribution in [3.05, 3.63) is 34.9 Å². The topological polar surface area (TPSA) is 24.1 Å². The minimum atomic E-state index is 0.790. The van der Waals surface area contributed by atoms with E-state index in [1.807, 2.05) is 0 Å². The third-order valence-corrected chi connectivity index (χ3v) is 3.86. The van der Waals surface area contributed by atoms with E-state index in [4.69, 9.17) is 0 Å². The molecule has 16 heavy (non-hydrogen) atoms. The zero-order valence-corrected chi connectivity index (χ0v) is 9.76. The van der Waals surface area contributed by atoms with E-state index in [-0.39, 0.29) is 0 Å². The van der Waals surface area contributed by atoms with E-state index in [0.717, 1.165) is 25.7 Å². The van der Waals surface area contributed by atoms with Crippen LogP contribution in [0.3, 0.4) is 0 Å². The molecule has 0 atom stereocenters. The largest absolute Gasteiger partial charge is 0.312 e. The molecule has 0 bridgehead atoms. The van der Waals surface area contributed by atoms with Crippen molar-refractivity contribution in [3.63, 3.8) is 0 Å². The molecule has 0 unspecified atom stereocenters. The molecule has 0 amide bonds. The number of fused-ring (bicyclic) bond motifs is 1. The first-order valence-electron chi connectivity index (χ1n) is 6.46. The highest BCUT2D eigenvalue weighted by Gasteiger charge is 2.16. The lowest BCUT2D eigenvalue weighted by molar-refractivity contribution is 0.338. The van der Waals surface area contributed by atoms with Crippen molar-refractivity contribution in [2.75, 3.05) is 6.54 Å². The molecule has 2 N–H and O–H groups in total. The van der Waals surface area contributed by atoms with Crippen molar-refractivity contribution in [3.8, 4) is 0 Å². The van der Waals surface area contributed by atoms with E-state index >= 15 is 0 Å². The fraction of sp³-hybridized carbons (Fsp3) is 0.571. The van der Waals surface area contributed by atoms with Crippen molar-refractivity contribution in [1.29, 1.82) is 0 Å². The molecule has 1 saturated carbocycles. The van der Waals surface area contributed by atoms with Gasteiger partial charge in [0, 0.05) is 19.1 Å². The van der Waals surface area contributed by atoms with E-state index in [1.54, 1.807) is 5.56 Å². The highest BCUT2D eigenvalue weighted by Crippen LogP contribution is 2.20. The van der Waals surface area contributed by atoms with Gasteiger partial charge in [0.25, 0.3) is 0 Å². The number of hydrogen-bond acceptors (Lipinski definition) is 2. The van der Waals surface area contributed by atoms with Crippen LogP contribution in [0.15, 0.2) is 18.2 Å². The molecule has 2 nitrogen and oxygen atoms in total. The van der Waals surface area contributed by atoms with Gasteiger partial charge >= 0.3 is 0 Å². The zero-order valence-electron chi connectivity index (χ0n) is 9.76. The first-order chi connectivity index (χ1) is 7.92. The van der Waals surface area contributed by atoms with Gasteiger partial charge in [-0.25, -0.2) is 0 Å². The SMILES string of the molecule is c1cc2c(cc1CNC1CCC1)CCNC2. The summed E-state index contributed by atoms with van der Waals surface area (Å²) >= 11 is 0. The van der Waals surface area contributed by atoms with Crippen LogP contribution >= 0.6 is 0 Å². The van der Waals surface area contributed by atoms with Gasteiger partial charge in [-0.05, 0) is 42.5 Å². The fourth-order valence-electron chi connectivity index (χ4n) is 2.52. The molecule has 2 aliphatic rings. The van der Waals surface area contributed by atoms with Gasteiger partial charge in [-0.1, -0.05) is 24.6 Å². The molecule has 1 aliphatic carbocycles. The Bertz CT molecular complexity index is 369. The van der Waals surface area contributed by atoms with Crippen molar-refractivity contribution >= 4 is 0 Å². The van der Waals surface area contributed by atoms with Gasteiger partial charge in [0.05, 0.1) is 0 Å². The molecule has 3 rings (SSSR count). The molecule has 1 aliphatic heterocycles. The van der Waals surface area contributed by atoms with E-state index in [9.17, 15) is 0 Å². The lowest BCUT2D eigenvalue weighted by Gasteiger charge is -2.27. The van der Waals surface area contributed by atoms with E-state index in [0.29, 0.717) is 0 Å². The first-order valence-corrected chi connectivity index (χ1v) is 6.46. The molecule has 1 heterocycles. The number of rotatable bonds is 3. The van der Waals surface area contributed by atoms with Crippen molar-refractivity contribution in [1.82, 2.24) is 10.6 Å². The molecule has 1 fully saturated rings. The van der Waals surface area contributed by atoms with Gasteiger partial charge in [-0.2, -0.15) is 0 Å². The Kier molecular flexibility index (Phi) is 2.94. The summed E-state index contributed by atoms with van der Waals surface area (Å²) in [6.45, 7) is 3.23. The summed E-state index contributed by atoms with van der Waals surface area (Å²) in [5, 5.41) is 7.04. The summed E-state index contributed by atoms with van der Waals surface area (Å²) in [4.78, 5) is 0. The van der Waals surface area contributed by atoms with Gasteiger partial charge < -0.3 is 10.6 Å². The average Bonchev–Trinajstić information content (AvgIpc) is 2.27. The predicted molar refractivity (Wildman–Crippen MR) is 66.3 cm³/mol. The second-order valence-electron chi connectivity index (χ2n) is 5.04. The highest BCUT2D eigenvalue weighted by molar-refractivity contribution is 5.33.